The summed E-state index contributed by atoms with van der Waals surface area (Å²) in [6, 6.07) is 10.6. The van der Waals surface area contributed by atoms with E-state index in [4.69, 9.17) is 10.5 Å². The maximum absolute atomic E-state index is 13.8. The van der Waals surface area contributed by atoms with Crippen LogP contribution in [0.25, 0.3) is 16.7 Å². The summed E-state index contributed by atoms with van der Waals surface area (Å²) >= 11 is 0. The summed E-state index contributed by atoms with van der Waals surface area (Å²) in [4.78, 5) is 4.31. The molecule has 2 aromatic carbocycles. The molecule has 2 N–H and O–H groups in total. The van der Waals surface area contributed by atoms with Gasteiger partial charge < -0.3 is 10.5 Å². The fraction of sp³-hybridized carbons (Fsp3) is 0.133. The highest BCUT2D eigenvalue weighted by atomic mass is 19.1. The van der Waals surface area contributed by atoms with Gasteiger partial charge in [-0.2, -0.15) is 0 Å². The number of ether oxygens (including phenoxy) is 1. The number of nitrogen functional groups attached to an aromatic ring is 1. The highest BCUT2D eigenvalue weighted by Crippen LogP contribution is 2.26. The highest BCUT2D eigenvalue weighted by molar-refractivity contribution is 5.81. The van der Waals surface area contributed by atoms with E-state index in [1.54, 1.807) is 16.7 Å². The van der Waals surface area contributed by atoms with E-state index in [0.29, 0.717) is 11.6 Å². The van der Waals surface area contributed by atoms with Gasteiger partial charge in [-0.05, 0) is 36.8 Å². The molecule has 0 fully saturated rings. The molecule has 0 aliphatic heterocycles. The quantitative estimate of drug-likeness (QED) is 0.779. The molecule has 0 atom stereocenters. The molecular formula is C15H14FN3O. The van der Waals surface area contributed by atoms with E-state index in [2.05, 4.69) is 4.98 Å². The molecule has 0 aliphatic carbocycles. The third-order valence-electron chi connectivity index (χ3n) is 3.23. The van der Waals surface area contributed by atoms with Crippen LogP contribution < -0.4 is 10.5 Å². The van der Waals surface area contributed by atoms with Crippen molar-refractivity contribution in [2.75, 3.05) is 12.8 Å². The third-order valence-corrected chi connectivity index (χ3v) is 3.23. The maximum atomic E-state index is 13.8. The first-order chi connectivity index (χ1) is 9.60. The molecular weight excluding hydrogens is 257 g/mol. The highest BCUT2D eigenvalue weighted by Gasteiger charge is 2.12. The second kappa shape index (κ2) is 4.52. The lowest BCUT2D eigenvalue weighted by Gasteiger charge is -2.08. The van der Waals surface area contributed by atoms with Crippen molar-refractivity contribution in [2.24, 2.45) is 0 Å². The summed E-state index contributed by atoms with van der Waals surface area (Å²) in [5.41, 5.74) is 9.31. The Bertz CT molecular complexity index is 795. The van der Waals surface area contributed by atoms with Crippen molar-refractivity contribution in [3.63, 3.8) is 0 Å². The van der Waals surface area contributed by atoms with Crippen molar-refractivity contribution in [1.29, 1.82) is 0 Å². The van der Waals surface area contributed by atoms with Gasteiger partial charge in [0, 0.05) is 6.07 Å². The van der Waals surface area contributed by atoms with Gasteiger partial charge in [0.1, 0.15) is 0 Å². The SMILES string of the molecule is COc1ccc(-n2c(N)nc3cc(C)ccc32)cc1F. The van der Waals surface area contributed by atoms with Crippen molar-refractivity contribution in [2.45, 2.75) is 6.92 Å². The first-order valence-electron chi connectivity index (χ1n) is 6.18. The molecule has 0 unspecified atom stereocenters. The number of nitrogens with zero attached hydrogens (tertiary/aromatic N) is 2. The van der Waals surface area contributed by atoms with Crippen molar-refractivity contribution >= 4 is 17.0 Å². The summed E-state index contributed by atoms with van der Waals surface area (Å²) in [7, 11) is 1.43. The maximum Gasteiger partial charge on any atom is 0.205 e. The Morgan fingerprint density at radius 2 is 2.00 bits per heavy atom. The van der Waals surface area contributed by atoms with Crippen LogP contribution in [0.3, 0.4) is 0 Å². The second-order valence-electron chi connectivity index (χ2n) is 4.62. The number of methoxy groups -OCH3 is 1. The van der Waals surface area contributed by atoms with Crippen molar-refractivity contribution < 1.29 is 9.13 Å². The van der Waals surface area contributed by atoms with Gasteiger partial charge in [-0.1, -0.05) is 6.07 Å². The van der Waals surface area contributed by atoms with Gasteiger partial charge in [-0.3, -0.25) is 4.57 Å². The Morgan fingerprint density at radius 1 is 1.20 bits per heavy atom. The number of nitrogens with two attached hydrogens (primary N) is 1. The zero-order valence-corrected chi connectivity index (χ0v) is 11.2. The summed E-state index contributed by atoms with van der Waals surface area (Å²) in [5, 5.41) is 0. The van der Waals surface area contributed by atoms with Gasteiger partial charge in [0.15, 0.2) is 11.6 Å². The molecule has 5 heteroatoms. The second-order valence-corrected chi connectivity index (χ2v) is 4.62. The van der Waals surface area contributed by atoms with E-state index in [0.717, 1.165) is 16.6 Å². The molecule has 4 nitrogen and oxygen atoms in total. The zero-order valence-electron chi connectivity index (χ0n) is 11.2. The van der Waals surface area contributed by atoms with Crippen molar-refractivity contribution in [3.05, 3.63) is 47.8 Å². The van der Waals surface area contributed by atoms with Crippen LogP contribution in [0, 0.1) is 12.7 Å². The predicted octanol–water partition coefficient (Wildman–Crippen LogP) is 3.06. The van der Waals surface area contributed by atoms with E-state index in [1.165, 1.54) is 13.2 Å². The molecule has 0 spiro atoms. The van der Waals surface area contributed by atoms with Crippen LogP contribution in [0.1, 0.15) is 5.56 Å². The molecule has 1 aromatic heterocycles. The number of imidazole rings is 1. The number of rotatable bonds is 2. The Morgan fingerprint density at radius 3 is 2.70 bits per heavy atom. The average molecular weight is 271 g/mol. The number of aromatic nitrogens is 2. The van der Waals surface area contributed by atoms with Gasteiger partial charge in [-0.25, -0.2) is 9.37 Å². The summed E-state index contributed by atoms with van der Waals surface area (Å²) in [6.07, 6.45) is 0. The molecule has 0 aliphatic rings. The normalized spacial score (nSPS) is 10.9. The number of fused-ring (bicyclic) bond motifs is 1. The molecule has 3 rings (SSSR count). The molecule has 0 bridgehead atoms. The van der Waals surface area contributed by atoms with E-state index in [9.17, 15) is 4.39 Å². The lowest BCUT2D eigenvalue weighted by atomic mass is 10.2. The zero-order chi connectivity index (χ0) is 14.3. The van der Waals surface area contributed by atoms with E-state index in [1.807, 2.05) is 25.1 Å². The minimum atomic E-state index is -0.432. The summed E-state index contributed by atoms with van der Waals surface area (Å²) in [6.45, 7) is 1.99. The molecule has 0 amide bonds. The first kappa shape index (κ1) is 12.5. The number of hydrogen-bond donors (Lipinski definition) is 1. The molecule has 102 valence electrons. The van der Waals surface area contributed by atoms with E-state index in [-0.39, 0.29) is 5.75 Å². The average Bonchev–Trinajstić information content (AvgIpc) is 2.73. The Hall–Kier alpha value is -2.56. The van der Waals surface area contributed by atoms with Crippen LogP contribution in [0.2, 0.25) is 0 Å². The minimum Gasteiger partial charge on any atom is -0.494 e. The van der Waals surface area contributed by atoms with Crippen LogP contribution >= 0.6 is 0 Å². The molecule has 1 heterocycles. The molecule has 0 saturated carbocycles. The largest absolute Gasteiger partial charge is 0.494 e. The standard InChI is InChI=1S/C15H14FN3O/c1-9-3-5-13-12(7-9)18-15(17)19(13)10-4-6-14(20-2)11(16)8-10/h3-8H,1-2H3,(H2,17,18). The third kappa shape index (κ3) is 1.87. The van der Waals surface area contributed by atoms with Gasteiger partial charge in [0.05, 0.1) is 23.8 Å². The van der Waals surface area contributed by atoms with Crippen molar-refractivity contribution in [1.82, 2.24) is 9.55 Å². The Balaban J connectivity index is 2.23. The predicted molar refractivity (Wildman–Crippen MR) is 76.7 cm³/mol. The van der Waals surface area contributed by atoms with Crippen LogP contribution in [-0.4, -0.2) is 16.7 Å². The first-order valence-corrected chi connectivity index (χ1v) is 6.18. The fourth-order valence-corrected chi connectivity index (χ4v) is 2.27. The number of anilines is 1. The van der Waals surface area contributed by atoms with E-state index >= 15 is 0 Å². The van der Waals surface area contributed by atoms with Crippen LogP contribution in [0.5, 0.6) is 5.75 Å². The lowest BCUT2D eigenvalue weighted by Crippen LogP contribution is -2.01. The Labute approximate surface area is 115 Å². The van der Waals surface area contributed by atoms with Crippen LogP contribution in [0.15, 0.2) is 36.4 Å². The number of hydrogen-bond acceptors (Lipinski definition) is 3. The van der Waals surface area contributed by atoms with Crippen molar-refractivity contribution in [3.8, 4) is 11.4 Å². The Kier molecular flexibility index (Phi) is 2.82. The smallest absolute Gasteiger partial charge is 0.205 e. The number of halogens is 1. The van der Waals surface area contributed by atoms with Gasteiger partial charge >= 0.3 is 0 Å². The summed E-state index contributed by atoms with van der Waals surface area (Å²) in [5.74, 6) is 0.0983. The van der Waals surface area contributed by atoms with Gasteiger partial charge in [0.2, 0.25) is 5.95 Å². The van der Waals surface area contributed by atoms with E-state index < -0.39 is 5.82 Å². The van der Waals surface area contributed by atoms with Crippen LogP contribution in [-0.2, 0) is 0 Å². The molecule has 0 radical (unpaired) electrons. The number of benzene rings is 2. The molecule has 0 saturated heterocycles. The monoisotopic (exact) mass is 271 g/mol. The fourth-order valence-electron chi connectivity index (χ4n) is 2.27. The van der Waals surface area contributed by atoms with Gasteiger partial charge in [0.25, 0.3) is 0 Å². The minimum absolute atomic E-state index is 0.201. The van der Waals surface area contributed by atoms with Crippen LogP contribution in [0.4, 0.5) is 10.3 Å². The number of aryl methyl sites for hydroxylation is 1. The summed E-state index contributed by atoms with van der Waals surface area (Å²) < 4.78 is 20.5. The van der Waals surface area contributed by atoms with Gasteiger partial charge in [-0.15, -0.1) is 0 Å². The topological polar surface area (TPSA) is 53.1 Å². The molecule has 3 aromatic rings. The lowest BCUT2D eigenvalue weighted by molar-refractivity contribution is 0.386. The molecule has 20 heavy (non-hydrogen) atoms.